The van der Waals surface area contributed by atoms with E-state index in [1.165, 1.54) is 57.8 Å². The average molecular weight is 271 g/mol. The van der Waals surface area contributed by atoms with E-state index in [-0.39, 0.29) is 0 Å². The molecule has 0 unspecified atom stereocenters. The van der Waals surface area contributed by atoms with Gasteiger partial charge in [-0.15, -0.1) is 0 Å². The first-order chi connectivity index (χ1) is 9.13. The Kier molecular flexibility index (Phi) is 13.2. The summed E-state index contributed by atoms with van der Waals surface area (Å²) < 4.78 is 0. The number of carboxylic acid groups (broad SMARTS) is 1. The van der Waals surface area contributed by atoms with Crippen LogP contribution in [0, 0.1) is 5.92 Å². The molecule has 0 saturated carbocycles. The van der Waals surface area contributed by atoms with Gasteiger partial charge in [-0.1, -0.05) is 78.1 Å². The van der Waals surface area contributed by atoms with E-state index in [1.54, 1.807) is 0 Å². The van der Waals surface area contributed by atoms with E-state index in [9.17, 15) is 4.79 Å². The largest absolute Gasteiger partial charge is 0.465 e. The third kappa shape index (κ3) is 17.3. The van der Waals surface area contributed by atoms with Gasteiger partial charge in [0, 0.05) is 6.54 Å². The van der Waals surface area contributed by atoms with Crippen molar-refractivity contribution in [1.29, 1.82) is 0 Å². The molecule has 1 amide bonds. The van der Waals surface area contributed by atoms with Crippen LogP contribution in [0.5, 0.6) is 0 Å². The number of nitrogens with one attached hydrogen (secondary N) is 1. The number of unbranched alkanes of at least 4 members (excludes halogenated alkanes) is 9. The zero-order valence-corrected chi connectivity index (χ0v) is 12.9. The van der Waals surface area contributed by atoms with Gasteiger partial charge in [-0.05, 0) is 12.3 Å². The second kappa shape index (κ2) is 13.7. The predicted molar refractivity (Wildman–Crippen MR) is 81.7 cm³/mol. The van der Waals surface area contributed by atoms with Crippen molar-refractivity contribution in [3.8, 4) is 0 Å². The van der Waals surface area contributed by atoms with Crippen LogP contribution < -0.4 is 5.32 Å². The van der Waals surface area contributed by atoms with Gasteiger partial charge in [0.15, 0.2) is 0 Å². The topological polar surface area (TPSA) is 49.3 Å². The quantitative estimate of drug-likeness (QED) is 0.452. The molecule has 3 heteroatoms. The molecule has 0 bridgehead atoms. The molecule has 0 spiro atoms. The molecule has 0 aliphatic carbocycles. The van der Waals surface area contributed by atoms with Crippen molar-refractivity contribution in [2.24, 2.45) is 5.92 Å². The maximum absolute atomic E-state index is 10.2. The van der Waals surface area contributed by atoms with Gasteiger partial charge in [0.25, 0.3) is 0 Å². The van der Waals surface area contributed by atoms with Crippen molar-refractivity contribution >= 4 is 6.09 Å². The van der Waals surface area contributed by atoms with Crippen LogP contribution in [0.3, 0.4) is 0 Å². The summed E-state index contributed by atoms with van der Waals surface area (Å²) in [5.41, 5.74) is 0. The van der Waals surface area contributed by atoms with Gasteiger partial charge in [-0.25, -0.2) is 4.79 Å². The molecule has 0 radical (unpaired) electrons. The first kappa shape index (κ1) is 18.3. The normalized spacial score (nSPS) is 10.9. The summed E-state index contributed by atoms with van der Waals surface area (Å²) in [6.07, 6.45) is 13.4. The Morgan fingerprint density at radius 2 is 1.26 bits per heavy atom. The maximum atomic E-state index is 10.2. The monoisotopic (exact) mass is 271 g/mol. The Balaban J connectivity index is 2.97. The lowest BCUT2D eigenvalue weighted by atomic mass is 10.0. The summed E-state index contributed by atoms with van der Waals surface area (Å²) in [5.74, 6) is 0.857. The SMILES string of the molecule is CC(C)CCCCCCCCCCCCNC(=O)O. The highest BCUT2D eigenvalue weighted by Crippen LogP contribution is 2.13. The molecule has 0 rings (SSSR count). The van der Waals surface area contributed by atoms with E-state index in [0.29, 0.717) is 6.54 Å². The summed E-state index contributed by atoms with van der Waals surface area (Å²) in [6.45, 7) is 5.20. The second-order valence-corrected chi connectivity index (χ2v) is 5.95. The fourth-order valence-corrected chi connectivity index (χ4v) is 2.29. The molecule has 0 aromatic heterocycles. The standard InChI is InChI=1S/C16H33NO2/c1-15(2)13-11-9-7-5-3-4-6-8-10-12-14-17-16(18)19/h15,17H,3-14H2,1-2H3,(H,18,19). The van der Waals surface area contributed by atoms with Gasteiger partial charge in [0.2, 0.25) is 0 Å². The van der Waals surface area contributed by atoms with Crippen LogP contribution in [-0.2, 0) is 0 Å². The highest BCUT2D eigenvalue weighted by atomic mass is 16.4. The van der Waals surface area contributed by atoms with Crippen molar-refractivity contribution < 1.29 is 9.90 Å². The smallest absolute Gasteiger partial charge is 0.404 e. The summed E-state index contributed by atoms with van der Waals surface area (Å²) in [6, 6.07) is 0. The molecule has 0 aliphatic heterocycles. The average Bonchev–Trinajstić information content (AvgIpc) is 2.34. The number of hydrogen-bond donors (Lipinski definition) is 2. The lowest BCUT2D eigenvalue weighted by molar-refractivity contribution is 0.194. The van der Waals surface area contributed by atoms with Crippen LogP contribution in [0.2, 0.25) is 0 Å². The molecule has 3 nitrogen and oxygen atoms in total. The Labute approximate surface area is 119 Å². The van der Waals surface area contributed by atoms with Gasteiger partial charge in [0.05, 0.1) is 0 Å². The molecular weight excluding hydrogens is 238 g/mol. The fourth-order valence-electron chi connectivity index (χ4n) is 2.29. The minimum Gasteiger partial charge on any atom is -0.465 e. The lowest BCUT2D eigenvalue weighted by Crippen LogP contribution is -2.21. The van der Waals surface area contributed by atoms with Crippen LogP contribution in [0.15, 0.2) is 0 Å². The minimum absolute atomic E-state index is 0.602. The summed E-state index contributed by atoms with van der Waals surface area (Å²) in [7, 11) is 0. The number of amides is 1. The summed E-state index contributed by atoms with van der Waals surface area (Å²) >= 11 is 0. The molecule has 0 aliphatic rings. The van der Waals surface area contributed by atoms with Crippen molar-refractivity contribution in [1.82, 2.24) is 5.32 Å². The first-order valence-electron chi connectivity index (χ1n) is 8.09. The Morgan fingerprint density at radius 3 is 1.68 bits per heavy atom. The third-order valence-corrected chi connectivity index (χ3v) is 3.48. The van der Waals surface area contributed by atoms with E-state index < -0.39 is 6.09 Å². The number of rotatable bonds is 13. The zero-order chi connectivity index (χ0) is 14.3. The van der Waals surface area contributed by atoms with Crippen LogP contribution >= 0.6 is 0 Å². The first-order valence-corrected chi connectivity index (χ1v) is 8.09. The molecule has 0 aromatic rings. The van der Waals surface area contributed by atoms with Gasteiger partial charge in [0.1, 0.15) is 0 Å². The van der Waals surface area contributed by atoms with Crippen molar-refractivity contribution in [3.63, 3.8) is 0 Å². The molecule has 2 N–H and O–H groups in total. The molecule has 0 atom stereocenters. The Bertz CT molecular complexity index is 205. The Hall–Kier alpha value is -0.730. The van der Waals surface area contributed by atoms with E-state index in [4.69, 9.17) is 5.11 Å². The fraction of sp³-hybridized carbons (Fsp3) is 0.938. The van der Waals surface area contributed by atoms with Gasteiger partial charge >= 0.3 is 6.09 Å². The van der Waals surface area contributed by atoms with E-state index in [2.05, 4.69) is 19.2 Å². The number of hydrogen-bond acceptors (Lipinski definition) is 1. The van der Waals surface area contributed by atoms with E-state index in [1.807, 2.05) is 0 Å². The molecule has 0 saturated heterocycles. The highest BCUT2D eigenvalue weighted by Gasteiger charge is 1.96. The molecule has 0 aromatic carbocycles. The molecular formula is C16H33NO2. The van der Waals surface area contributed by atoms with Crippen LogP contribution in [0.1, 0.15) is 84.5 Å². The zero-order valence-electron chi connectivity index (χ0n) is 12.9. The van der Waals surface area contributed by atoms with Crippen molar-refractivity contribution in [3.05, 3.63) is 0 Å². The third-order valence-electron chi connectivity index (χ3n) is 3.48. The summed E-state index contributed by atoms with van der Waals surface area (Å²) in [4.78, 5) is 10.2. The summed E-state index contributed by atoms with van der Waals surface area (Å²) in [5, 5.41) is 10.8. The van der Waals surface area contributed by atoms with Crippen LogP contribution in [0.4, 0.5) is 4.79 Å². The molecule has 114 valence electrons. The predicted octanol–water partition coefficient (Wildman–Crippen LogP) is 5.20. The van der Waals surface area contributed by atoms with E-state index >= 15 is 0 Å². The van der Waals surface area contributed by atoms with Gasteiger partial charge < -0.3 is 10.4 Å². The van der Waals surface area contributed by atoms with Crippen LogP contribution in [0.25, 0.3) is 0 Å². The van der Waals surface area contributed by atoms with Crippen molar-refractivity contribution in [2.75, 3.05) is 6.54 Å². The molecule has 0 fully saturated rings. The van der Waals surface area contributed by atoms with Gasteiger partial charge in [-0.3, -0.25) is 0 Å². The molecule has 19 heavy (non-hydrogen) atoms. The number of carbonyl (C=O) groups is 1. The van der Waals surface area contributed by atoms with Crippen LogP contribution in [-0.4, -0.2) is 17.7 Å². The Morgan fingerprint density at radius 1 is 0.842 bits per heavy atom. The maximum Gasteiger partial charge on any atom is 0.404 e. The van der Waals surface area contributed by atoms with E-state index in [0.717, 1.165) is 18.8 Å². The minimum atomic E-state index is -0.905. The highest BCUT2D eigenvalue weighted by molar-refractivity contribution is 5.64. The van der Waals surface area contributed by atoms with Gasteiger partial charge in [-0.2, -0.15) is 0 Å². The lowest BCUT2D eigenvalue weighted by Gasteiger charge is -2.04. The van der Waals surface area contributed by atoms with Crippen molar-refractivity contribution in [2.45, 2.75) is 84.5 Å². The molecule has 0 heterocycles. The second-order valence-electron chi connectivity index (χ2n) is 5.95.